The fraction of sp³-hybridized carbons (Fsp3) is 0.250. The third-order valence-corrected chi connectivity index (χ3v) is 6.92. The van der Waals surface area contributed by atoms with Crippen LogP contribution >= 0.6 is 23.2 Å². The predicted molar refractivity (Wildman–Crippen MR) is 89.2 cm³/mol. The molecule has 116 valence electrons. The molecular formula is C16H15Cl2NO2S. The molecule has 0 radical (unpaired) electrons. The van der Waals surface area contributed by atoms with Crippen LogP contribution in [-0.4, -0.2) is 20.2 Å². The highest BCUT2D eigenvalue weighted by Gasteiger charge is 2.57. The summed E-state index contributed by atoms with van der Waals surface area (Å²) < 4.78 is 25.6. The van der Waals surface area contributed by atoms with Crippen molar-refractivity contribution in [2.45, 2.75) is 16.1 Å². The first-order chi connectivity index (χ1) is 10.4. The van der Waals surface area contributed by atoms with Crippen LogP contribution in [0.1, 0.15) is 11.5 Å². The molecule has 22 heavy (non-hydrogen) atoms. The average Bonchev–Trinajstić information content (AvgIpc) is 3.24. The van der Waals surface area contributed by atoms with Gasteiger partial charge in [0, 0.05) is 16.0 Å². The fourth-order valence-electron chi connectivity index (χ4n) is 2.95. The van der Waals surface area contributed by atoms with Gasteiger partial charge in [-0.25, -0.2) is 8.42 Å². The minimum Gasteiger partial charge on any atom is -0.330 e. The summed E-state index contributed by atoms with van der Waals surface area (Å²) in [6.07, 6.45) is 0. The summed E-state index contributed by atoms with van der Waals surface area (Å²) in [7, 11) is -3.42. The Labute approximate surface area is 140 Å². The van der Waals surface area contributed by atoms with E-state index in [0.29, 0.717) is 16.6 Å². The third kappa shape index (κ3) is 2.76. The highest BCUT2D eigenvalue weighted by Crippen LogP contribution is 2.53. The molecule has 2 aromatic rings. The Morgan fingerprint density at radius 2 is 1.41 bits per heavy atom. The van der Waals surface area contributed by atoms with Crippen molar-refractivity contribution in [2.24, 2.45) is 11.7 Å². The second-order valence-corrected chi connectivity index (χ2v) is 8.42. The number of hydrogen-bond donors (Lipinski definition) is 1. The van der Waals surface area contributed by atoms with Crippen LogP contribution in [0, 0.1) is 5.92 Å². The molecule has 0 aromatic heterocycles. The summed E-state index contributed by atoms with van der Waals surface area (Å²) in [5, 5.41) is 0.657. The number of hydrogen-bond acceptors (Lipinski definition) is 3. The van der Waals surface area contributed by atoms with E-state index in [4.69, 9.17) is 28.9 Å². The number of nitrogens with two attached hydrogens (primary N) is 1. The van der Waals surface area contributed by atoms with Gasteiger partial charge >= 0.3 is 0 Å². The van der Waals surface area contributed by atoms with Crippen LogP contribution in [-0.2, 0) is 9.84 Å². The minimum atomic E-state index is -3.42. The van der Waals surface area contributed by atoms with Crippen molar-refractivity contribution >= 4 is 33.0 Å². The summed E-state index contributed by atoms with van der Waals surface area (Å²) in [5.74, 6) is -0.148. The van der Waals surface area contributed by atoms with E-state index < -0.39 is 15.1 Å². The lowest BCUT2D eigenvalue weighted by Gasteiger charge is -2.04. The average molecular weight is 356 g/mol. The van der Waals surface area contributed by atoms with Gasteiger partial charge in [-0.2, -0.15) is 0 Å². The SMILES string of the molecule is NC[C@@H]1[C@@H](c2ccc(Cl)cc2)[C@@H]1S(=O)(=O)c1ccc(Cl)cc1. The molecule has 0 amide bonds. The Balaban J connectivity index is 1.93. The van der Waals surface area contributed by atoms with Gasteiger partial charge in [-0.1, -0.05) is 35.3 Å². The molecule has 1 aliphatic rings. The van der Waals surface area contributed by atoms with E-state index in [9.17, 15) is 8.42 Å². The molecule has 3 atom stereocenters. The quantitative estimate of drug-likeness (QED) is 0.912. The van der Waals surface area contributed by atoms with Crippen LogP contribution in [0.15, 0.2) is 53.4 Å². The van der Waals surface area contributed by atoms with Gasteiger partial charge in [-0.05, 0) is 54.4 Å². The molecule has 2 aromatic carbocycles. The second-order valence-electron chi connectivity index (χ2n) is 5.44. The standard InChI is InChI=1S/C16H15Cl2NO2S/c17-11-3-1-10(2-4-11)15-14(9-19)16(15)22(20,21)13-7-5-12(18)6-8-13/h1-8,14-16H,9,19H2/t14-,15-,16-/m1/s1. The number of halogens is 2. The van der Waals surface area contributed by atoms with E-state index in [-0.39, 0.29) is 16.7 Å². The Kier molecular flexibility index (Phi) is 4.21. The molecule has 2 N–H and O–H groups in total. The molecule has 0 saturated heterocycles. The van der Waals surface area contributed by atoms with Crippen molar-refractivity contribution in [3.8, 4) is 0 Å². The molecule has 0 spiro atoms. The van der Waals surface area contributed by atoms with Crippen LogP contribution in [0.25, 0.3) is 0 Å². The van der Waals surface area contributed by atoms with Crippen LogP contribution in [0.2, 0.25) is 10.0 Å². The molecule has 0 aliphatic heterocycles. The van der Waals surface area contributed by atoms with Crippen molar-refractivity contribution in [3.05, 3.63) is 64.1 Å². The highest BCUT2D eigenvalue weighted by atomic mass is 35.5. The molecule has 1 fully saturated rings. The molecule has 1 aliphatic carbocycles. The molecule has 3 nitrogen and oxygen atoms in total. The Morgan fingerprint density at radius 3 is 1.91 bits per heavy atom. The van der Waals surface area contributed by atoms with E-state index in [1.54, 1.807) is 36.4 Å². The number of benzene rings is 2. The summed E-state index contributed by atoms with van der Waals surface area (Å²) in [6.45, 7) is 0.338. The van der Waals surface area contributed by atoms with Gasteiger partial charge in [0.15, 0.2) is 9.84 Å². The van der Waals surface area contributed by atoms with Crippen molar-refractivity contribution in [1.82, 2.24) is 0 Å². The number of rotatable bonds is 4. The molecule has 0 heterocycles. The van der Waals surface area contributed by atoms with E-state index in [2.05, 4.69) is 0 Å². The third-order valence-electron chi connectivity index (χ3n) is 4.12. The Morgan fingerprint density at radius 1 is 0.909 bits per heavy atom. The number of sulfone groups is 1. The topological polar surface area (TPSA) is 60.2 Å². The monoisotopic (exact) mass is 355 g/mol. The van der Waals surface area contributed by atoms with Gasteiger partial charge in [0.25, 0.3) is 0 Å². The van der Waals surface area contributed by atoms with Gasteiger partial charge in [-0.3, -0.25) is 0 Å². The summed E-state index contributed by atoms with van der Waals surface area (Å²) in [5.41, 5.74) is 6.73. The molecule has 1 saturated carbocycles. The zero-order chi connectivity index (χ0) is 15.9. The molecular weight excluding hydrogens is 341 g/mol. The van der Waals surface area contributed by atoms with Crippen molar-refractivity contribution < 1.29 is 8.42 Å². The zero-order valence-corrected chi connectivity index (χ0v) is 13.9. The van der Waals surface area contributed by atoms with E-state index in [1.165, 1.54) is 0 Å². The van der Waals surface area contributed by atoms with Crippen molar-refractivity contribution in [3.63, 3.8) is 0 Å². The lowest BCUT2D eigenvalue weighted by Crippen LogP contribution is -2.13. The largest absolute Gasteiger partial charge is 0.330 e. The fourth-order valence-corrected chi connectivity index (χ4v) is 5.43. The molecule has 6 heteroatoms. The minimum absolute atomic E-state index is 0.0677. The smallest absolute Gasteiger partial charge is 0.182 e. The second kappa shape index (κ2) is 5.85. The van der Waals surface area contributed by atoms with Crippen LogP contribution < -0.4 is 5.73 Å². The molecule has 0 bridgehead atoms. The molecule has 3 rings (SSSR count). The van der Waals surface area contributed by atoms with Crippen molar-refractivity contribution in [1.29, 1.82) is 0 Å². The van der Waals surface area contributed by atoms with E-state index >= 15 is 0 Å². The van der Waals surface area contributed by atoms with Crippen molar-refractivity contribution in [2.75, 3.05) is 6.54 Å². The first-order valence-electron chi connectivity index (χ1n) is 6.90. The first-order valence-corrected chi connectivity index (χ1v) is 9.20. The first kappa shape index (κ1) is 15.8. The Hall–Kier alpha value is -1.07. The summed E-state index contributed by atoms with van der Waals surface area (Å²) in [4.78, 5) is 0.289. The van der Waals surface area contributed by atoms with Gasteiger partial charge in [0.2, 0.25) is 0 Å². The lowest BCUT2D eigenvalue weighted by atomic mass is 10.1. The maximum Gasteiger partial charge on any atom is 0.182 e. The van der Waals surface area contributed by atoms with E-state index in [0.717, 1.165) is 5.56 Å². The predicted octanol–water partition coefficient (Wildman–Crippen LogP) is 3.51. The lowest BCUT2D eigenvalue weighted by molar-refractivity contribution is 0.591. The van der Waals surface area contributed by atoms with Gasteiger partial charge in [0.1, 0.15) is 0 Å². The normalized spacial score (nSPS) is 24.2. The van der Waals surface area contributed by atoms with E-state index in [1.807, 2.05) is 12.1 Å². The maximum absolute atomic E-state index is 12.8. The van der Waals surface area contributed by atoms with Crippen LogP contribution in [0.3, 0.4) is 0 Å². The maximum atomic E-state index is 12.8. The highest BCUT2D eigenvalue weighted by molar-refractivity contribution is 7.92. The zero-order valence-electron chi connectivity index (χ0n) is 11.6. The van der Waals surface area contributed by atoms with Crippen LogP contribution in [0.4, 0.5) is 0 Å². The van der Waals surface area contributed by atoms with Gasteiger partial charge in [-0.15, -0.1) is 0 Å². The van der Waals surface area contributed by atoms with Gasteiger partial charge < -0.3 is 5.73 Å². The van der Waals surface area contributed by atoms with Gasteiger partial charge in [0.05, 0.1) is 10.1 Å². The summed E-state index contributed by atoms with van der Waals surface area (Å²) in [6, 6.07) is 13.5. The Bertz CT molecular complexity index is 773. The molecule has 0 unspecified atom stereocenters. The van der Waals surface area contributed by atoms with Crippen LogP contribution in [0.5, 0.6) is 0 Å². The summed E-state index contributed by atoms with van der Waals surface area (Å²) >= 11 is 11.7.